The molecule has 0 amide bonds. The first-order chi connectivity index (χ1) is 4.34. The van der Waals surface area contributed by atoms with Crippen molar-refractivity contribution in [3.8, 4) is 0 Å². The van der Waals surface area contributed by atoms with Crippen LogP contribution in [0.2, 0.25) is 0 Å². The van der Waals surface area contributed by atoms with Crippen LogP contribution in [0.25, 0.3) is 0 Å². The van der Waals surface area contributed by atoms with Gasteiger partial charge in [-0.3, -0.25) is 4.99 Å². The molecule has 0 atom stereocenters. The zero-order valence-electron chi connectivity index (χ0n) is 5.04. The molecule has 1 aromatic rings. The molecule has 2 N–H and O–H groups in total. The Labute approximate surface area is 55.5 Å². The molecule has 0 fully saturated rings. The molecule has 0 unspecified atom stereocenters. The highest BCUT2D eigenvalue weighted by Crippen LogP contribution is 2.18. The van der Waals surface area contributed by atoms with E-state index in [1.165, 1.54) is 0 Å². The van der Waals surface area contributed by atoms with Gasteiger partial charge in [-0.1, -0.05) is 12.1 Å². The third kappa shape index (κ3) is 1.08. The number of rotatable bonds is 1. The van der Waals surface area contributed by atoms with Gasteiger partial charge in [0.2, 0.25) is 0 Å². The van der Waals surface area contributed by atoms with Crippen LogP contribution in [0.5, 0.6) is 0 Å². The smallest absolute Gasteiger partial charge is 0.0851 e. The molecular weight excluding hydrogens is 112 g/mol. The predicted octanol–water partition coefficient (Wildman–Crippen LogP) is 1.85. The van der Waals surface area contributed by atoms with E-state index in [4.69, 9.17) is 5.73 Å². The number of hydrogen-bond donors (Lipinski definition) is 1. The molecule has 0 spiro atoms. The molecule has 0 saturated carbocycles. The second-order valence-corrected chi connectivity index (χ2v) is 1.72. The Hall–Kier alpha value is -1.31. The van der Waals surface area contributed by atoms with E-state index in [1.54, 1.807) is 6.07 Å². The standard InChI is InChI=1S/C7H8N2.H2/c1-9-7-5-3-2-4-6(7)8;/h2-5H,1,8H2;1H. The quantitative estimate of drug-likeness (QED) is 0.448. The zero-order valence-corrected chi connectivity index (χ0v) is 5.04. The van der Waals surface area contributed by atoms with Crippen LogP contribution in [-0.4, -0.2) is 6.72 Å². The minimum atomic E-state index is 0. The van der Waals surface area contributed by atoms with Crippen molar-refractivity contribution in [3.05, 3.63) is 24.3 Å². The van der Waals surface area contributed by atoms with Gasteiger partial charge in [0.1, 0.15) is 0 Å². The summed E-state index contributed by atoms with van der Waals surface area (Å²) in [5.41, 5.74) is 6.92. The molecule has 1 aromatic carbocycles. The van der Waals surface area contributed by atoms with E-state index < -0.39 is 0 Å². The fraction of sp³-hybridized carbons (Fsp3) is 0. The van der Waals surface area contributed by atoms with Gasteiger partial charge in [0.05, 0.1) is 11.4 Å². The molecule has 0 heterocycles. The highest BCUT2D eigenvalue weighted by molar-refractivity contribution is 5.64. The van der Waals surface area contributed by atoms with Crippen LogP contribution in [0.4, 0.5) is 11.4 Å². The largest absolute Gasteiger partial charge is 0.397 e. The summed E-state index contributed by atoms with van der Waals surface area (Å²) >= 11 is 0. The van der Waals surface area contributed by atoms with Gasteiger partial charge < -0.3 is 5.73 Å². The summed E-state index contributed by atoms with van der Waals surface area (Å²) in [6.45, 7) is 3.36. The van der Waals surface area contributed by atoms with Crippen LogP contribution in [0.3, 0.4) is 0 Å². The summed E-state index contributed by atoms with van der Waals surface area (Å²) in [6.07, 6.45) is 0. The molecule has 0 radical (unpaired) electrons. The monoisotopic (exact) mass is 122 g/mol. The summed E-state index contributed by atoms with van der Waals surface area (Å²) in [7, 11) is 0. The average Bonchev–Trinajstić information content (AvgIpc) is 1.89. The van der Waals surface area contributed by atoms with E-state index in [1.807, 2.05) is 18.2 Å². The Morgan fingerprint density at radius 1 is 1.44 bits per heavy atom. The number of nitrogens with zero attached hydrogens (tertiary/aromatic N) is 1. The maximum Gasteiger partial charge on any atom is 0.0851 e. The van der Waals surface area contributed by atoms with Gasteiger partial charge in [-0.05, 0) is 18.9 Å². The van der Waals surface area contributed by atoms with E-state index in [0.29, 0.717) is 5.69 Å². The lowest BCUT2D eigenvalue weighted by Gasteiger charge is -1.94. The van der Waals surface area contributed by atoms with Crippen molar-refractivity contribution < 1.29 is 1.43 Å². The molecule has 9 heavy (non-hydrogen) atoms. The molecule has 0 aliphatic rings. The fourth-order valence-electron chi connectivity index (χ4n) is 0.632. The topological polar surface area (TPSA) is 38.4 Å². The highest BCUT2D eigenvalue weighted by atomic mass is 14.7. The number of benzene rings is 1. The van der Waals surface area contributed by atoms with Crippen LogP contribution in [0, 0.1) is 0 Å². The lowest BCUT2D eigenvalue weighted by Crippen LogP contribution is -1.82. The number of hydrogen-bond acceptors (Lipinski definition) is 2. The fourth-order valence-corrected chi connectivity index (χ4v) is 0.632. The van der Waals surface area contributed by atoms with E-state index in [9.17, 15) is 0 Å². The first kappa shape index (κ1) is 5.82. The molecule has 0 aliphatic heterocycles. The molecule has 48 valence electrons. The Kier molecular flexibility index (Phi) is 1.49. The summed E-state index contributed by atoms with van der Waals surface area (Å²) in [6, 6.07) is 7.36. The molecule has 1 rings (SSSR count). The van der Waals surface area contributed by atoms with Gasteiger partial charge in [0.15, 0.2) is 0 Å². The Bertz CT molecular complexity index is 223. The van der Waals surface area contributed by atoms with Crippen molar-refractivity contribution in [3.63, 3.8) is 0 Å². The summed E-state index contributed by atoms with van der Waals surface area (Å²) in [5.74, 6) is 0. The highest BCUT2D eigenvalue weighted by Gasteiger charge is 1.88. The van der Waals surface area contributed by atoms with Crippen molar-refractivity contribution >= 4 is 18.1 Å². The SMILES string of the molecule is C=Nc1ccccc1N.[HH]. The number of aliphatic imine (C=N–C) groups is 1. The Morgan fingerprint density at radius 3 is 2.56 bits per heavy atom. The van der Waals surface area contributed by atoms with Gasteiger partial charge in [-0.2, -0.15) is 0 Å². The van der Waals surface area contributed by atoms with E-state index in [-0.39, 0.29) is 1.43 Å². The predicted molar refractivity (Wildman–Crippen MR) is 42.2 cm³/mol. The molecule has 0 aromatic heterocycles. The van der Waals surface area contributed by atoms with Crippen LogP contribution in [0.15, 0.2) is 29.3 Å². The summed E-state index contributed by atoms with van der Waals surface area (Å²) < 4.78 is 0. The first-order valence-corrected chi connectivity index (χ1v) is 2.66. The minimum Gasteiger partial charge on any atom is -0.397 e. The summed E-state index contributed by atoms with van der Waals surface area (Å²) in [5, 5.41) is 0. The first-order valence-electron chi connectivity index (χ1n) is 2.66. The third-order valence-electron chi connectivity index (χ3n) is 1.11. The van der Waals surface area contributed by atoms with Crippen molar-refractivity contribution in [2.45, 2.75) is 0 Å². The maximum absolute atomic E-state index is 5.50. The zero-order chi connectivity index (χ0) is 6.69. The molecule has 2 heteroatoms. The van der Waals surface area contributed by atoms with Crippen LogP contribution in [0.1, 0.15) is 1.43 Å². The second-order valence-electron chi connectivity index (χ2n) is 1.72. The molecule has 0 bridgehead atoms. The number of para-hydroxylation sites is 2. The van der Waals surface area contributed by atoms with E-state index in [0.717, 1.165) is 5.69 Å². The Morgan fingerprint density at radius 2 is 2.11 bits per heavy atom. The molecule has 0 aliphatic carbocycles. The summed E-state index contributed by atoms with van der Waals surface area (Å²) in [4.78, 5) is 3.70. The Balaban J connectivity index is 0.000000810. The van der Waals surface area contributed by atoms with E-state index >= 15 is 0 Å². The molecular formula is C7H10N2. The average molecular weight is 122 g/mol. The normalized spacial score (nSPS) is 8.89. The lowest BCUT2D eigenvalue weighted by molar-refractivity contribution is 1.55. The van der Waals surface area contributed by atoms with Gasteiger partial charge in [0, 0.05) is 1.43 Å². The number of anilines is 1. The van der Waals surface area contributed by atoms with Crippen molar-refractivity contribution in [1.29, 1.82) is 0 Å². The lowest BCUT2D eigenvalue weighted by atomic mass is 10.3. The molecule has 2 nitrogen and oxygen atoms in total. The van der Waals surface area contributed by atoms with Crippen molar-refractivity contribution in [2.24, 2.45) is 4.99 Å². The number of nitrogen functional groups attached to an aromatic ring is 1. The van der Waals surface area contributed by atoms with Gasteiger partial charge >= 0.3 is 0 Å². The maximum atomic E-state index is 5.50. The van der Waals surface area contributed by atoms with Crippen LogP contribution in [-0.2, 0) is 0 Å². The number of nitrogens with two attached hydrogens (primary N) is 1. The van der Waals surface area contributed by atoms with Gasteiger partial charge in [-0.15, -0.1) is 0 Å². The van der Waals surface area contributed by atoms with Gasteiger partial charge in [0.25, 0.3) is 0 Å². The van der Waals surface area contributed by atoms with E-state index in [2.05, 4.69) is 11.7 Å². The van der Waals surface area contributed by atoms with Gasteiger partial charge in [-0.25, -0.2) is 0 Å². The van der Waals surface area contributed by atoms with Crippen LogP contribution < -0.4 is 5.73 Å². The third-order valence-corrected chi connectivity index (χ3v) is 1.11. The van der Waals surface area contributed by atoms with Crippen molar-refractivity contribution in [2.75, 3.05) is 5.73 Å². The van der Waals surface area contributed by atoms with Crippen molar-refractivity contribution in [1.82, 2.24) is 0 Å². The minimum absolute atomic E-state index is 0. The molecule has 0 saturated heterocycles. The van der Waals surface area contributed by atoms with Crippen LogP contribution >= 0.6 is 0 Å². The second kappa shape index (κ2) is 2.31.